The van der Waals surface area contributed by atoms with Crippen LogP contribution in [-0.2, 0) is 4.79 Å². The highest BCUT2D eigenvalue weighted by Crippen LogP contribution is 2.27. The molecule has 148 valence electrons. The van der Waals surface area contributed by atoms with Gasteiger partial charge in [-0.3, -0.25) is 19.7 Å². The standard InChI is InChI=1S/C20H23N3O5/c1-4-13(2)21-20(25)15-9-5-6-10-16(15)22-19(24)14(3)28-18-12-8-7-11-17(18)23(26)27/h5-14H,4H2,1-3H3,(H,21,25)(H,22,24). The van der Waals surface area contributed by atoms with Crippen molar-refractivity contribution >= 4 is 23.2 Å². The van der Waals surface area contributed by atoms with Crippen LogP contribution in [0.4, 0.5) is 11.4 Å². The first-order valence-corrected chi connectivity index (χ1v) is 8.94. The molecule has 8 nitrogen and oxygen atoms in total. The van der Waals surface area contributed by atoms with Gasteiger partial charge in [0.2, 0.25) is 0 Å². The molecule has 2 atom stereocenters. The number of rotatable bonds is 8. The smallest absolute Gasteiger partial charge is 0.310 e. The molecule has 0 saturated heterocycles. The second kappa shape index (κ2) is 9.50. The highest BCUT2D eigenvalue weighted by molar-refractivity contribution is 6.04. The average molecular weight is 385 g/mol. The lowest BCUT2D eigenvalue weighted by Gasteiger charge is -2.17. The van der Waals surface area contributed by atoms with Gasteiger partial charge in [-0.2, -0.15) is 0 Å². The maximum atomic E-state index is 12.5. The van der Waals surface area contributed by atoms with E-state index < -0.39 is 16.9 Å². The number of ether oxygens (including phenoxy) is 1. The summed E-state index contributed by atoms with van der Waals surface area (Å²) in [4.78, 5) is 35.4. The summed E-state index contributed by atoms with van der Waals surface area (Å²) in [6.45, 7) is 5.33. The van der Waals surface area contributed by atoms with Crippen molar-refractivity contribution in [2.24, 2.45) is 0 Å². The molecule has 0 aromatic heterocycles. The molecule has 0 radical (unpaired) electrons. The summed E-state index contributed by atoms with van der Waals surface area (Å²) < 4.78 is 5.47. The molecule has 0 heterocycles. The van der Waals surface area contributed by atoms with E-state index >= 15 is 0 Å². The average Bonchev–Trinajstić information content (AvgIpc) is 2.68. The third kappa shape index (κ3) is 5.29. The van der Waals surface area contributed by atoms with Crippen LogP contribution in [0.2, 0.25) is 0 Å². The topological polar surface area (TPSA) is 111 Å². The van der Waals surface area contributed by atoms with Crippen molar-refractivity contribution in [3.63, 3.8) is 0 Å². The Morgan fingerprint density at radius 1 is 1.11 bits per heavy atom. The van der Waals surface area contributed by atoms with Gasteiger partial charge in [0.1, 0.15) is 0 Å². The number of hydrogen-bond donors (Lipinski definition) is 2. The Labute approximate surface area is 163 Å². The van der Waals surface area contributed by atoms with E-state index in [1.54, 1.807) is 30.3 Å². The Balaban J connectivity index is 2.13. The van der Waals surface area contributed by atoms with Crippen molar-refractivity contribution in [1.29, 1.82) is 0 Å². The van der Waals surface area contributed by atoms with Crippen LogP contribution >= 0.6 is 0 Å². The first-order chi connectivity index (χ1) is 13.3. The third-order valence-corrected chi connectivity index (χ3v) is 4.15. The van der Waals surface area contributed by atoms with E-state index in [-0.39, 0.29) is 23.4 Å². The summed E-state index contributed by atoms with van der Waals surface area (Å²) in [5.74, 6) is -0.822. The van der Waals surface area contributed by atoms with E-state index in [1.165, 1.54) is 25.1 Å². The van der Waals surface area contributed by atoms with Gasteiger partial charge in [-0.15, -0.1) is 0 Å². The maximum Gasteiger partial charge on any atom is 0.310 e. The summed E-state index contributed by atoms with van der Waals surface area (Å²) >= 11 is 0. The number of anilines is 1. The van der Waals surface area contributed by atoms with Gasteiger partial charge in [0, 0.05) is 12.1 Å². The number of nitrogens with one attached hydrogen (secondary N) is 2. The molecule has 0 saturated carbocycles. The highest BCUT2D eigenvalue weighted by Gasteiger charge is 2.22. The monoisotopic (exact) mass is 385 g/mol. The SMILES string of the molecule is CCC(C)NC(=O)c1ccccc1NC(=O)C(C)Oc1ccccc1[N+](=O)[O-]. The zero-order chi connectivity index (χ0) is 20.7. The molecule has 8 heteroatoms. The lowest BCUT2D eigenvalue weighted by molar-refractivity contribution is -0.386. The van der Waals surface area contributed by atoms with Crippen molar-refractivity contribution in [2.45, 2.75) is 39.3 Å². The fourth-order valence-electron chi connectivity index (χ4n) is 2.38. The van der Waals surface area contributed by atoms with Gasteiger partial charge in [0.05, 0.1) is 16.2 Å². The maximum absolute atomic E-state index is 12.5. The number of nitrogens with zero attached hydrogens (tertiary/aromatic N) is 1. The van der Waals surface area contributed by atoms with Gasteiger partial charge in [-0.1, -0.05) is 31.2 Å². The van der Waals surface area contributed by atoms with Crippen molar-refractivity contribution < 1.29 is 19.2 Å². The molecular weight excluding hydrogens is 362 g/mol. The Morgan fingerprint density at radius 2 is 1.75 bits per heavy atom. The Hall–Kier alpha value is -3.42. The molecule has 28 heavy (non-hydrogen) atoms. The lowest BCUT2D eigenvalue weighted by Crippen LogP contribution is -2.34. The quantitative estimate of drug-likeness (QED) is 0.533. The molecule has 2 amide bonds. The predicted molar refractivity (Wildman–Crippen MR) is 105 cm³/mol. The van der Waals surface area contributed by atoms with Crippen LogP contribution in [0.3, 0.4) is 0 Å². The van der Waals surface area contributed by atoms with Crippen molar-refractivity contribution in [1.82, 2.24) is 5.32 Å². The normalized spacial score (nSPS) is 12.5. The van der Waals surface area contributed by atoms with Crippen LogP contribution in [0, 0.1) is 10.1 Å². The second-order valence-corrected chi connectivity index (χ2v) is 6.30. The van der Waals surface area contributed by atoms with E-state index in [0.29, 0.717) is 11.3 Å². The molecule has 0 aliphatic heterocycles. The molecule has 2 aromatic carbocycles. The number of nitro benzene ring substituents is 1. The minimum atomic E-state index is -1.01. The molecule has 0 spiro atoms. The molecule has 0 aliphatic rings. The summed E-state index contributed by atoms with van der Waals surface area (Å²) in [7, 11) is 0. The minimum Gasteiger partial charge on any atom is -0.474 e. The first-order valence-electron chi connectivity index (χ1n) is 8.94. The number of nitro groups is 1. The number of para-hydroxylation sites is 3. The number of carbonyl (C=O) groups excluding carboxylic acids is 2. The first kappa shape index (κ1) is 20.9. The van der Waals surface area contributed by atoms with E-state index in [0.717, 1.165) is 6.42 Å². The number of benzene rings is 2. The molecule has 2 rings (SSSR count). The van der Waals surface area contributed by atoms with Crippen LogP contribution in [0.5, 0.6) is 5.75 Å². The third-order valence-electron chi connectivity index (χ3n) is 4.15. The zero-order valence-corrected chi connectivity index (χ0v) is 16.0. The van der Waals surface area contributed by atoms with Crippen LogP contribution in [0.15, 0.2) is 48.5 Å². The van der Waals surface area contributed by atoms with Crippen LogP contribution in [-0.4, -0.2) is 28.9 Å². The number of carbonyl (C=O) groups is 2. The van der Waals surface area contributed by atoms with E-state index in [9.17, 15) is 19.7 Å². The Morgan fingerprint density at radius 3 is 2.43 bits per heavy atom. The number of amides is 2. The van der Waals surface area contributed by atoms with Gasteiger partial charge in [0.25, 0.3) is 11.8 Å². The van der Waals surface area contributed by atoms with E-state index in [4.69, 9.17) is 4.74 Å². The summed E-state index contributed by atoms with van der Waals surface area (Å²) in [6.07, 6.45) is -0.229. The molecule has 2 unspecified atom stereocenters. The minimum absolute atomic E-state index is 0.00190. The highest BCUT2D eigenvalue weighted by atomic mass is 16.6. The molecular formula is C20H23N3O5. The van der Waals surface area contributed by atoms with Crippen molar-refractivity contribution in [3.8, 4) is 5.75 Å². The molecule has 0 aliphatic carbocycles. The molecule has 2 N–H and O–H groups in total. The van der Waals surface area contributed by atoms with Crippen LogP contribution < -0.4 is 15.4 Å². The van der Waals surface area contributed by atoms with Gasteiger partial charge >= 0.3 is 5.69 Å². The van der Waals surface area contributed by atoms with Gasteiger partial charge in [-0.25, -0.2) is 0 Å². The second-order valence-electron chi connectivity index (χ2n) is 6.30. The Kier molecular flexibility index (Phi) is 7.08. The summed E-state index contributed by atoms with van der Waals surface area (Å²) in [5.41, 5.74) is 0.441. The zero-order valence-electron chi connectivity index (χ0n) is 16.0. The lowest BCUT2D eigenvalue weighted by atomic mass is 10.1. The fraction of sp³-hybridized carbons (Fsp3) is 0.300. The summed E-state index contributed by atoms with van der Waals surface area (Å²) in [5, 5.41) is 16.6. The molecule has 0 bridgehead atoms. The Bertz CT molecular complexity index is 868. The largest absolute Gasteiger partial charge is 0.474 e. The van der Waals surface area contributed by atoms with Crippen molar-refractivity contribution in [3.05, 3.63) is 64.2 Å². The number of hydrogen-bond acceptors (Lipinski definition) is 5. The van der Waals surface area contributed by atoms with Gasteiger partial charge in [0.15, 0.2) is 11.9 Å². The summed E-state index contributed by atoms with van der Waals surface area (Å²) in [6, 6.07) is 12.4. The predicted octanol–water partition coefficient (Wildman–Crippen LogP) is 3.53. The van der Waals surface area contributed by atoms with Crippen LogP contribution in [0.1, 0.15) is 37.6 Å². The van der Waals surface area contributed by atoms with Gasteiger partial charge < -0.3 is 15.4 Å². The van der Waals surface area contributed by atoms with Crippen molar-refractivity contribution in [2.75, 3.05) is 5.32 Å². The molecule has 0 fully saturated rings. The fourth-order valence-corrected chi connectivity index (χ4v) is 2.38. The van der Waals surface area contributed by atoms with E-state index in [2.05, 4.69) is 10.6 Å². The van der Waals surface area contributed by atoms with E-state index in [1.807, 2.05) is 13.8 Å². The molecule has 2 aromatic rings. The van der Waals surface area contributed by atoms with Crippen LogP contribution in [0.25, 0.3) is 0 Å². The van der Waals surface area contributed by atoms with Gasteiger partial charge in [-0.05, 0) is 38.5 Å².